The molecule has 1 N–H and O–H groups in total. The van der Waals surface area contributed by atoms with Gasteiger partial charge >= 0.3 is 6.09 Å². The minimum absolute atomic E-state index is 0.314. The Labute approximate surface area is 188 Å². The summed E-state index contributed by atoms with van der Waals surface area (Å²) >= 11 is 0. The summed E-state index contributed by atoms with van der Waals surface area (Å²) in [7, 11) is 0. The van der Waals surface area contributed by atoms with Crippen LogP contribution in [0.1, 0.15) is 50.1 Å². The third kappa shape index (κ3) is 4.50. The molecule has 0 bridgehead atoms. The van der Waals surface area contributed by atoms with Gasteiger partial charge < -0.3 is 9.84 Å². The van der Waals surface area contributed by atoms with Crippen molar-refractivity contribution in [2.24, 2.45) is 0 Å². The van der Waals surface area contributed by atoms with Gasteiger partial charge in [-0.05, 0) is 41.0 Å². The number of anilines is 1. The van der Waals surface area contributed by atoms with Crippen molar-refractivity contribution in [1.82, 2.24) is 9.97 Å². The van der Waals surface area contributed by atoms with Gasteiger partial charge in [0, 0.05) is 17.7 Å². The van der Waals surface area contributed by atoms with Gasteiger partial charge in [-0.15, -0.1) is 0 Å². The van der Waals surface area contributed by atoms with E-state index in [-0.39, 0.29) is 0 Å². The standard InChI is InChI=1S/C26H29N3O3/c1-16-6-10-18(11-7-16)21-22(19-12-8-17(2)9-13-19)28-24-23(27-21)20(30)14-15-29(24)25(31)32-26(3,4)5/h6-13,20,30H,14-15H2,1-5H3. The summed E-state index contributed by atoms with van der Waals surface area (Å²) in [5, 5.41) is 10.7. The Bertz CT molecular complexity index is 1130. The number of benzene rings is 2. The lowest BCUT2D eigenvalue weighted by atomic mass is 10.00. The van der Waals surface area contributed by atoms with E-state index in [1.807, 2.05) is 83.1 Å². The molecule has 0 saturated carbocycles. The first-order valence-corrected chi connectivity index (χ1v) is 10.9. The van der Waals surface area contributed by atoms with Crippen molar-refractivity contribution in [1.29, 1.82) is 0 Å². The second kappa shape index (κ2) is 8.36. The van der Waals surface area contributed by atoms with Crippen molar-refractivity contribution < 1.29 is 14.6 Å². The molecule has 4 rings (SSSR count). The normalized spacial score (nSPS) is 15.9. The zero-order chi connectivity index (χ0) is 23.0. The quantitative estimate of drug-likeness (QED) is 0.571. The number of aliphatic hydroxyl groups excluding tert-OH is 1. The minimum Gasteiger partial charge on any atom is -0.443 e. The van der Waals surface area contributed by atoms with Gasteiger partial charge in [0.1, 0.15) is 17.4 Å². The fourth-order valence-electron chi connectivity index (χ4n) is 3.68. The van der Waals surface area contributed by atoms with Crippen molar-refractivity contribution in [3.63, 3.8) is 0 Å². The maximum absolute atomic E-state index is 12.9. The van der Waals surface area contributed by atoms with E-state index in [1.54, 1.807) is 0 Å². The van der Waals surface area contributed by atoms with Crippen LogP contribution < -0.4 is 4.90 Å². The van der Waals surface area contributed by atoms with Crippen molar-refractivity contribution in [3.8, 4) is 22.5 Å². The largest absolute Gasteiger partial charge is 0.443 e. The zero-order valence-electron chi connectivity index (χ0n) is 19.2. The van der Waals surface area contributed by atoms with Crippen LogP contribution in [-0.4, -0.2) is 33.3 Å². The first-order chi connectivity index (χ1) is 15.1. The fraction of sp³-hybridized carbons (Fsp3) is 0.346. The van der Waals surface area contributed by atoms with Gasteiger partial charge in [-0.25, -0.2) is 14.8 Å². The van der Waals surface area contributed by atoms with Crippen LogP contribution in [-0.2, 0) is 4.74 Å². The monoisotopic (exact) mass is 431 g/mol. The molecule has 3 aromatic rings. The van der Waals surface area contributed by atoms with Gasteiger partial charge in [0.15, 0.2) is 5.82 Å². The Kier molecular flexibility index (Phi) is 5.73. The summed E-state index contributed by atoms with van der Waals surface area (Å²) in [6, 6.07) is 16.1. The van der Waals surface area contributed by atoms with Gasteiger partial charge in [-0.3, -0.25) is 4.90 Å². The van der Waals surface area contributed by atoms with Crippen LogP contribution in [0.4, 0.5) is 10.6 Å². The number of rotatable bonds is 2. The number of ether oxygens (including phenoxy) is 1. The Morgan fingerprint density at radius 1 is 0.938 bits per heavy atom. The van der Waals surface area contributed by atoms with Crippen molar-refractivity contribution in [3.05, 3.63) is 65.4 Å². The Morgan fingerprint density at radius 3 is 1.94 bits per heavy atom. The first-order valence-electron chi connectivity index (χ1n) is 10.9. The lowest BCUT2D eigenvalue weighted by Gasteiger charge is -2.32. The molecule has 0 spiro atoms. The molecule has 1 aliphatic heterocycles. The number of aryl methyl sites for hydroxylation is 2. The summed E-state index contributed by atoms with van der Waals surface area (Å²) < 4.78 is 5.60. The molecule has 0 radical (unpaired) electrons. The van der Waals surface area contributed by atoms with Crippen LogP contribution >= 0.6 is 0 Å². The number of nitrogens with zero attached hydrogens (tertiary/aromatic N) is 3. The van der Waals surface area contributed by atoms with E-state index >= 15 is 0 Å². The number of fused-ring (bicyclic) bond motifs is 1. The van der Waals surface area contributed by atoms with Gasteiger partial charge in [0.2, 0.25) is 0 Å². The molecule has 0 aliphatic carbocycles. The van der Waals surface area contributed by atoms with Gasteiger partial charge in [-0.1, -0.05) is 59.7 Å². The highest BCUT2D eigenvalue weighted by atomic mass is 16.6. The van der Waals surface area contributed by atoms with E-state index in [9.17, 15) is 9.90 Å². The van der Waals surface area contributed by atoms with Crippen LogP contribution in [0.3, 0.4) is 0 Å². The minimum atomic E-state index is -0.799. The molecule has 166 valence electrons. The summed E-state index contributed by atoms with van der Waals surface area (Å²) in [6.07, 6.45) is -0.914. The van der Waals surface area contributed by atoms with E-state index in [2.05, 4.69) is 0 Å². The van der Waals surface area contributed by atoms with Gasteiger partial charge in [-0.2, -0.15) is 0 Å². The molecular formula is C26H29N3O3. The van der Waals surface area contributed by atoms with Gasteiger partial charge in [0.05, 0.1) is 11.4 Å². The second-order valence-corrected chi connectivity index (χ2v) is 9.30. The van der Waals surface area contributed by atoms with E-state index in [4.69, 9.17) is 14.7 Å². The number of carbonyl (C=O) groups is 1. The number of aromatic nitrogens is 2. The molecule has 6 nitrogen and oxygen atoms in total. The van der Waals surface area contributed by atoms with E-state index in [1.165, 1.54) is 4.90 Å². The van der Waals surface area contributed by atoms with Crippen molar-refractivity contribution in [2.45, 2.75) is 52.7 Å². The zero-order valence-corrected chi connectivity index (χ0v) is 19.2. The van der Waals surface area contributed by atoms with E-state index in [0.717, 1.165) is 22.3 Å². The molecule has 1 aliphatic rings. The molecule has 1 amide bonds. The SMILES string of the molecule is Cc1ccc(-c2nc3c(nc2-c2ccc(C)cc2)N(C(=O)OC(C)(C)C)CCC3O)cc1. The first kappa shape index (κ1) is 22.0. The number of amides is 1. The maximum atomic E-state index is 12.9. The number of aliphatic hydroxyl groups is 1. The molecule has 1 unspecified atom stereocenters. The van der Waals surface area contributed by atoms with Crippen molar-refractivity contribution >= 4 is 11.9 Å². The molecule has 0 saturated heterocycles. The maximum Gasteiger partial charge on any atom is 0.416 e. The van der Waals surface area contributed by atoms with Crippen LogP contribution in [0.2, 0.25) is 0 Å². The fourth-order valence-corrected chi connectivity index (χ4v) is 3.68. The number of hydrogen-bond donors (Lipinski definition) is 1. The third-order valence-corrected chi connectivity index (χ3v) is 5.36. The third-order valence-electron chi connectivity index (χ3n) is 5.36. The van der Waals surface area contributed by atoms with Crippen LogP contribution in [0, 0.1) is 13.8 Å². The molecule has 6 heteroatoms. The topological polar surface area (TPSA) is 75.6 Å². The van der Waals surface area contributed by atoms with Crippen LogP contribution in [0.15, 0.2) is 48.5 Å². The predicted octanol–water partition coefficient (Wildman–Crippen LogP) is 5.61. The summed E-state index contributed by atoms with van der Waals surface area (Å²) in [5.74, 6) is 0.351. The highest BCUT2D eigenvalue weighted by Gasteiger charge is 2.34. The number of carbonyl (C=O) groups excluding carboxylic acids is 1. The molecule has 2 heterocycles. The Hall–Kier alpha value is -3.25. The van der Waals surface area contributed by atoms with E-state index in [0.29, 0.717) is 35.9 Å². The average Bonchev–Trinajstić information content (AvgIpc) is 2.73. The molecule has 1 atom stereocenters. The van der Waals surface area contributed by atoms with Crippen LogP contribution in [0.5, 0.6) is 0 Å². The van der Waals surface area contributed by atoms with Crippen molar-refractivity contribution in [2.75, 3.05) is 11.4 Å². The predicted molar refractivity (Wildman–Crippen MR) is 126 cm³/mol. The summed E-state index contributed by atoms with van der Waals surface area (Å²) in [6.45, 7) is 9.86. The lowest BCUT2D eigenvalue weighted by Crippen LogP contribution is -2.41. The molecule has 0 fully saturated rings. The molecule has 32 heavy (non-hydrogen) atoms. The molecular weight excluding hydrogens is 402 g/mol. The lowest BCUT2D eigenvalue weighted by molar-refractivity contribution is 0.0562. The Morgan fingerprint density at radius 2 is 1.44 bits per heavy atom. The van der Waals surface area contributed by atoms with Crippen LogP contribution in [0.25, 0.3) is 22.5 Å². The summed E-state index contributed by atoms with van der Waals surface area (Å²) in [5.41, 5.74) is 5.19. The number of hydrogen-bond acceptors (Lipinski definition) is 5. The molecule has 2 aromatic carbocycles. The summed E-state index contributed by atoms with van der Waals surface area (Å²) in [4.78, 5) is 24.2. The molecule has 1 aromatic heterocycles. The highest BCUT2D eigenvalue weighted by Crippen LogP contribution is 2.38. The smallest absolute Gasteiger partial charge is 0.416 e. The highest BCUT2D eigenvalue weighted by molar-refractivity contribution is 5.89. The second-order valence-electron chi connectivity index (χ2n) is 9.30. The average molecular weight is 432 g/mol. The Balaban J connectivity index is 1.90. The van der Waals surface area contributed by atoms with Gasteiger partial charge in [0.25, 0.3) is 0 Å². The van der Waals surface area contributed by atoms with E-state index < -0.39 is 17.8 Å².